The van der Waals surface area contributed by atoms with E-state index in [4.69, 9.17) is 9.47 Å². The Hall–Kier alpha value is -0.460. The van der Waals surface area contributed by atoms with Crippen LogP contribution in [0.3, 0.4) is 0 Å². The molecule has 0 bridgehead atoms. The lowest BCUT2D eigenvalue weighted by atomic mass is 9.85. The van der Waals surface area contributed by atoms with Crippen molar-refractivity contribution in [3.8, 4) is 0 Å². The minimum atomic E-state index is -3.03. The minimum absolute atomic E-state index is 0.0789. The quantitative estimate of drug-likeness (QED) is 0.763. The van der Waals surface area contributed by atoms with Crippen molar-refractivity contribution < 1.29 is 22.7 Å². The number of hydrogen-bond acceptors (Lipinski definition) is 5. The fraction of sp³-hybridized carbons (Fsp3) is 0.917. The molecule has 2 rings (SSSR count). The van der Waals surface area contributed by atoms with E-state index in [2.05, 4.69) is 0 Å². The Labute approximate surface area is 108 Å². The molecular weight excluding hydrogens is 256 g/mol. The van der Waals surface area contributed by atoms with Gasteiger partial charge < -0.3 is 9.47 Å². The first kappa shape index (κ1) is 14.0. The van der Waals surface area contributed by atoms with Crippen LogP contribution in [0.15, 0.2) is 0 Å². The van der Waals surface area contributed by atoms with E-state index in [0.717, 1.165) is 12.8 Å². The largest absolute Gasteiger partial charge is 0.350 e. The molecule has 0 amide bonds. The van der Waals surface area contributed by atoms with Crippen molar-refractivity contribution in [1.29, 1.82) is 0 Å². The van der Waals surface area contributed by atoms with Crippen molar-refractivity contribution in [3.05, 3.63) is 0 Å². The average Bonchev–Trinajstić information content (AvgIpc) is 2.81. The van der Waals surface area contributed by atoms with E-state index < -0.39 is 16.1 Å². The molecule has 0 aromatic rings. The van der Waals surface area contributed by atoms with Crippen LogP contribution in [0.2, 0.25) is 0 Å². The zero-order valence-corrected chi connectivity index (χ0v) is 11.4. The molecule has 2 unspecified atom stereocenters. The maximum absolute atomic E-state index is 12.1. The first-order chi connectivity index (χ1) is 8.47. The number of hydrogen-bond donors (Lipinski definition) is 0. The number of carbonyl (C=O) groups excluding carboxylic acids is 1. The summed E-state index contributed by atoms with van der Waals surface area (Å²) in [5.74, 6) is -0.0680. The molecule has 2 atom stereocenters. The van der Waals surface area contributed by atoms with Crippen LogP contribution >= 0.6 is 0 Å². The van der Waals surface area contributed by atoms with E-state index in [9.17, 15) is 13.2 Å². The third-order valence-electron chi connectivity index (χ3n) is 3.75. The number of Topliss-reactive ketones (excluding diaryl/α,β-unsaturated/α-hetero) is 1. The Balaban J connectivity index is 1.89. The molecule has 1 aliphatic carbocycles. The molecule has 1 aliphatic heterocycles. The molecule has 2 fully saturated rings. The third kappa shape index (κ3) is 3.52. The molecule has 1 saturated carbocycles. The summed E-state index contributed by atoms with van der Waals surface area (Å²) in [4.78, 5) is 12.1. The molecule has 5 nitrogen and oxygen atoms in total. The number of sulfone groups is 1. The Morgan fingerprint density at radius 2 is 1.89 bits per heavy atom. The van der Waals surface area contributed by atoms with Crippen LogP contribution in [0, 0.1) is 5.92 Å². The van der Waals surface area contributed by atoms with Gasteiger partial charge in [0, 0.05) is 12.2 Å². The lowest BCUT2D eigenvalue weighted by molar-refractivity contribution is -0.132. The number of rotatable bonds is 4. The average molecular weight is 276 g/mol. The van der Waals surface area contributed by atoms with E-state index in [0.29, 0.717) is 26.1 Å². The Bertz CT molecular complexity index is 397. The summed E-state index contributed by atoms with van der Waals surface area (Å²) in [5, 5.41) is -0.356. The SMILES string of the molecule is CS(=O)(=O)C1CCCC(C(=O)CC2OCCO2)C1. The van der Waals surface area contributed by atoms with Gasteiger partial charge in [-0.15, -0.1) is 0 Å². The van der Waals surface area contributed by atoms with E-state index in [1.165, 1.54) is 6.26 Å². The second-order valence-electron chi connectivity index (χ2n) is 5.16. The summed E-state index contributed by atoms with van der Waals surface area (Å²) in [6.45, 7) is 1.07. The van der Waals surface area contributed by atoms with Crippen LogP contribution in [0.25, 0.3) is 0 Å². The molecule has 0 aromatic heterocycles. The van der Waals surface area contributed by atoms with Crippen molar-refractivity contribution in [2.45, 2.75) is 43.6 Å². The number of ketones is 1. The first-order valence-corrected chi connectivity index (χ1v) is 8.37. The lowest BCUT2D eigenvalue weighted by Gasteiger charge is -2.27. The van der Waals surface area contributed by atoms with Crippen molar-refractivity contribution in [2.75, 3.05) is 19.5 Å². The highest BCUT2D eigenvalue weighted by Gasteiger charge is 2.33. The van der Waals surface area contributed by atoms with Crippen molar-refractivity contribution in [1.82, 2.24) is 0 Å². The number of ether oxygens (including phenoxy) is 2. The molecule has 0 spiro atoms. The number of carbonyl (C=O) groups is 1. The lowest BCUT2D eigenvalue weighted by Crippen LogP contribution is -2.32. The highest BCUT2D eigenvalue weighted by molar-refractivity contribution is 7.91. The van der Waals surface area contributed by atoms with Gasteiger partial charge in [-0.3, -0.25) is 4.79 Å². The van der Waals surface area contributed by atoms with Crippen LogP contribution < -0.4 is 0 Å². The van der Waals surface area contributed by atoms with Crippen LogP contribution in [0.4, 0.5) is 0 Å². The van der Waals surface area contributed by atoms with E-state index >= 15 is 0 Å². The molecule has 0 radical (unpaired) electrons. The molecule has 0 aromatic carbocycles. The maximum Gasteiger partial charge on any atom is 0.164 e. The summed E-state index contributed by atoms with van der Waals surface area (Å²) in [6.07, 6.45) is 3.83. The molecule has 18 heavy (non-hydrogen) atoms. The Kier molecular flexibility index (Phi) is 4.40. The Morgan fingerprint density at radius 3 is 2.50 bits per heavy atom. The fourth-order valence-corrected chi connectivity index (χ4v) is 3.86. The third-order valence-corrected chi connectivity index (χ3v) is 5.38. The van der Waals surface area contributed by atoms with E-state index in [1.807, 2.05) is 0 Å². The first-order valence-electron chi connectivity index (χ1n) is 6.41. The monoisotopic (exact) mass is 276 g/mol. The van der Waals surface area contributed by atoms with Crippen molar-refractivity contribution in [2.24, 2.45) is 5.92 Å². The van der Waals surface area contributed by atoms with Gasteiger partial charge in [-0.25, -0.2) is 8.42 Å². The predicted molar refractivity (Wildman–Crippen MR) is 65.9 cm³/mol. The van der Waals surface area contributed by atoms with Gasteiger partial charge in [0.15, 0.2) is 6.29 Å². The maximum atomic E-state index is 12.1. The van der Waals surface area contributed by atoms with Crippen LogP contribution in [0.1, 0.15) is 32.1 Å². The van der Waals surface area contributed by atoms with Crippen LogP contribution in [0.5, 0.6) is 0 Å². The van der Waals surface area contributed by atoms with Gasteiger partial charge in [-0.1, -0.05) is 6.42 Å². The summed E-state index contributed by atoms with van der Waals surface area (Å²) in [5.41, 5.74) is 0. The van der Waals surface area contributed by atoms with Gasteiger partial charge >= 0.3 is 0 Å². The van der Waals surface area contributed by atoms with E-state index in [1.54, 1.807) is 0 Å². The zero-order chi connectivity index (χ0) is 13.2. The zero-order valence-electron chi connectivity index (χ0n) is 10.6. The molecule has 104 valence electrons. The van der Waals surface area contributed by atoms with Crippen molar-refractivity contribution in [3.63, 3.8) is 0 Å². The Morgan fingerprint density at radius 1 is 1.22 bits per heavy atom. The molecule has 2 aliphatic rings. The summed E-state index contributed by atoms with van der Waals surface area (Å²) in [6, 6.07) is 0. The molecule has 1 saturated heterocycles. The molecule has 0 N–H and O–H groups in total. The second-order valence-corrected chi connectivity index (χ2v) is 7.48. The molecule has 1 heterocycles. The van der Waals surface area contributed by atoms with Crippen LogP contribution in [-0.2, 0) is 24.1 Å². The fourth-order valence-electron chi connectivity index (χ4n) is 2.68. The predicted octanol–water partition coefficient (Wildman–Crippen LogP) is 0.922. The van der Waals surface area contributed by atoms with Gasteiger partial charge in [-0.05, 0) is 19.3 Å². The van der Waals surface area contributed by atoms with Gasteiger partial charge in [-0.2, -0.15) is 0 Å². The van der Waals surface area contributed by atoms with Crippen molar-refractivity contribution >= 4 is 15.6 Å². The highest BCUT2D eigenvalue weighted by atomic mass is 32.2. The van der Waals surface area contributed by atoms with Gasteiger partial charge in [0.25, 0.3) is 0 Å². The molecule has 6 heteroatoms. The van der Waals surface area contributed by atoms with E-state index in [-0.39, 0.29) is 23.4 Å². The molecular formula is C12H20O5S. The summed E-state index contributed by atoms with van der Waals surface area (Å²) < 4.78 is 33.6. The normalized spacial score (nSPS) is 30.5. The summed E-state index contributed by atoms with van der Waals surface area (Å²) >= 11 is 0. The van der Waals surface area contributed by atoms with Gasteiger partial charge in [0.2, 0.25) is 0 Å². The standard InChI is InChI=1S/C12H20O5S/c1-18(14,15)10-4-2-3-9(7-10)11(13)8-12-16-5-6-17-12/h9-10,12H,2-8H2,1H3. The highest BCUT2D eigenvalue weighted by Crippen LogP contribution is 2.30. The van der Waals surface area contributed by atoms with Gasteiger partial charge in [0.1, 0.15) is 15.6 Å². The van der Waals surface area contributed by atoms with Gasteiger partial charge in [0.05, 0.1) is 24.9 Å². The second kappa shape index (κ2) is 5.67. The summed E-state index contributed by atoms with van der Waals surface area (Å²) in [7, 11) is -3.03. The topological polar surface area (TPSA) is 69.7 Å². The minimum Gasteiger partial charge on any atom is -0.350 e. The van der Waals surface area contributed by atoms with Crippen LogP contribution in [-0.4, -0.2) is 45.2 Å². The smallest absolute Gasteiger partial charge is 0.164 e.